The van der Waals surface area contributed by atoms with Gasteiger partial charge in [-0.05, 0) is 24.1 Å². The van der Waals surface area contributed by atoms with Crippen molar-refractivity contribution in [2.75, 3.05) is 44.9 Å². The van der Waals surface area contributed by atoms with Gasteiger partial charge in [-0.15, -0.1) is 0 Å². The van der Waals surface area contributed by atoms with Crippen molar-refractivity contribution >= 4 is 5.69 Å². The zero-order chi connectivity index (χ0) is 15.1. The molecule has 0 bridgehead atoms. The molecular weight excluding hydrogens is 271 g/mol. The smallest absolute Gasteiger partial charge is 0.146 e. The number of nitrogens with one attached hydrogen (secondary N) is 1. The second-order valence-electron chi connectivity index (χ2n) is 5.30. The van der Waals surface area contributed by atoms with Gasteiger partial charge in [-0.3, -0.25) is 0 Å². The lowest BCUT2D eigenvalue weighted by Crippen LogP contribution is -2.42. The van der Waals surface area contributed by atoms with Crippen molar-refractivity contribution < 1.29 is 13.9 Å². The van der Waals surface area contributed by atoms with Gasteiger partial charge in [0.15, 0.2) is 0 Å². The predicted molar refractivity (Wildman–Crippen MR) is 82.2 cm³/mol. The fourth-order valence-corrected chi connectivity index (χ4v) is 2.51. The molecule has 1 fully saturated rings. The lowest BCUT2D eigenvalue weighted by molar-refractivity contribution is 0.0382. The quantitative estimate of drug-likeness (QED) is 0.782. The topological polar surface area (TPSA) is 33.7 Å². The molecular formula is C16H25FN2O2. The predicted octanol–water partition coefficient (Wildman–Crippen LogP) is 2.18. The number of anilines is 1. The van der Waals surface area contributed by atoms with E-state index in [0.717, 1.165) is 31.6 Å². The highest BCUT2D eigenvalue weighted by molar-refractivity contribution is 5.49. The summed E-state index contributed by atoms with van der Waals surface area (Å²) in [5.41, 5.74) is 1.63. The van der Waals surface area contributed by atoms with Crippen LogP contribution in [0.2, 0.25) is 0 Å². The summed E-state index contributed by atoms with van der Waals surface area (Å²) in [5.74, 6) is -0.155. The molecule has 0 amide bonds. The summed E-state index contributed by atoms with van der Waals surface area (Å²) < 4.78 is 24.9. The fraction of sp³-hybridized carbons (Fsp3) is 0.625. The molecule has 1 aliphatic heterocycles. The largest absolute Gasteiger partial charge is 0.383 e. The van der Waals surface area contributed by atoms with Crippen LogP contribution in [-0.2, 0) is 16.0 Å². The van der Waals surface area contributed by atoms with Gasteiger partial charge in [-0.25, -0.2) is 4.39 Å². The Labute approximate surface area is 126 Å². The Morgan fingerprint density at radius 1 is 1.48 bits per heavy atom. The zero-order valence-corrected chi connectivity index (χ0v) is 12.9. The molecule has 4 nitrogen and oxygen atoms in total. The lowest BCUT2D eigenvalue weighted by Gasteiger charge is -2.34. The monoisotopic (exact) mass is 296 g/mol. The van der Waals surface area contributed by atoms with Gasteiger partial charge in [0.25, 0.3) is 0 Å². The Morgan fingerprint density at radius 3 is 3.05 bits per heavy atom. The van der Waals surface area contributed by atoms with Gasteiger partial charge >= 0.3 is 0 Å². The van der Waals surface area contributed by atoms with E-state index in [1.807, 2.05) is 12.1 Å². The van der Waals surface area contributed by atoms with E-state index in [1.165, 1.54) is 0 Å². The number of hydrogen-bond donors (Lipinski definition) is 1. The summed E-state index contributed by atoms with van der Waals surface area (Å²) in [4.78, 5) is 2.08. The molecule has 0 aromatic heterocycles. The van der Waals surface area contributed by atoms with E-state index in [2.05, 4.69) is 17.1 Å². The van der Waals surface area contributed by atoms with Gasteiger partial charge in [0.1, 0.15) is 5.82 Å². The zero-order valence-electron chi connectivity index (χ0n) is 12.9. The molecule has 0 radical (unpaired) electrons. The summed E-state index contributed by atoms with van der Waals surface area (Å²) >= 11 is 0. The van der Waals surface area contributed by atoms with Crippen LogP contribution in [0.25, 0.3) is 0 Å². The Bertz CT molecular complexity index is 442. The van der Waals surface area contributed by atoms with Crippen molar-refractivity contribution in [1.29, 1.82) is 0 Å². The lowest BCUT2D eigenvalue weighted by atomic mass is 10.1. The van der Waals surface area contributed by atoms with Gasteiger partial charge in [-0.2, -0.15) is 0 Å². The molecule has 5 heteroatoms. The van der Waals surface area contributed by atoms with Gasteiger partial charge in [0.2, 0.25) is 0 Å². The van der Waals surface area contributed by atoms with Crippen molar-refractivity contribution in [2.24, 2.45) is 0 Å². The van der Waals surface area contributed by atoms with Crippen molar-refractivity contribution in [3.63, 3.8) is 0 Å². The fourth-order valence-electron chi connectivity index (χ4n) is 2.51. The molecule has 21 heavy (non-hydrogen) atoms. The van der Waals surface area contributed by atoms with Crippen molar-refractivity contribution in [1.82, 2.24) is 5.32 Å². The Balaban J connectivity index is 1.95. The van der Waals surface area contributed by atoms with Crippen LogP contribution in [0.5, 0.6) is 0 Å². The van der Waals surface area contributed by atoms with Crippen molar-refractivity contribution in [2.45, 2.75) is 26.0 Å². The molecule has 1 atom stereocenters. The van der Waals surface area contributed by atoms with Crippen LogP contribution < -0.4 is 10.2 Å². The minimum absolute atomic E-state index is 0.155. The van der Waals surface area contributed by atoms with E-state index in [9.17, 15) is 4.39 Å². The number of nitrogens with zero attached hydrogens (tertiary/aromatic N) is 1. The highest BCUT2D eigenvalue weighted by Gasteiger charge is 2.21. The number of rotatable bonds is 7. The number of methoxy groups -OCH3 is 1. The summed E-state index contributed by atoms with van der Waals surface area (Å²) in [6.45, 7) is 6.35. The highest BCUT2D eigenvalue weighted by Crippen LogP contribution is 2.23. The first-order valence-electron chi connectivity index (χ1n) is 7.59. The molecule has 1 N–H and O–H groups in total. The first-order chi connectivity index (χ1) is 10.2. The molecule has 1 aromatic rings. The van der Waals surface area contributed by atoms with Crippen LogP contribution in [0.3, 0.4) is 0 Å². The number of ether oxygens (including phenoxy) is 2. The van der Waals surface area contributed by atoms with Crippen molar-refractivity contribution in [3.8, 4) is 0 Å². The van der Waals surface area contributed by atoms with Crippen LogP contribution in [0.4, 0.5) is 10.1 Å². The first-order valence-corrected chi connectivity index (χ1v) is 7.59. The highest BCUT2D eigenvalue weighted by atomic mass is 19.1. The van der Waals surface area contributed by atoms with Crippen molar-refractivity contribution in [3.05, 3.63) is 29.6 Å². The van der Waals surface area contributed by atoms with Crippen LogP contribution in [0, 0.1) is 5.82 Å². The summed E-state index contributed by atoms with van der Waals surface area (Å²) in [6, 6.07) is 5.47. The summed E-state index contributed by atoms with van der Waals surface area (Å²) in [7, 11) is 1.67. The average Bonchev–Trinajstić information content (AvgIpc) is 2.52. The number of hydrogen-bond acceptors (Lipinski definition) is 4. The first kappa shape index (κ1) is 16.2. The maximum absolute atomic E-state index is 14.3. The van der Waals surface area contributed by atoms with Gasteiger partial charge < -0.3 is 19.7 Å². The van der Waals surface area contributed by atoms with Crippen LogP contribution in [0.1, 0.15) is 18.9 Å². The Morgan fingerprint density at radius 2 is 2.33 bits per heavy atom. The molecule has 2 rings (SSSR count). The maximum Gasteiger partial charge on any atom is 0.146 e. The molecule has 1 saturated heterocycles. The average molecular weight is 296 g/mol. The molecule has 0 spiro atoms. The van der Waals surface area contributed by atoms with E-state index < -0.39 is 0 Å². The number of benzene rings is 1. The third kappa shape index (κ3) is 4.66. The molecule has 1 aliphatic rings. The molecule has 1 aromatic carbocycles. The molecule has 118 valence electrons. The minimum Gasteiger partial charge on any atom is -0.383 e. The number of halogens is 1. The second kappa shape index (κ2) is 8.32. The van der Waals surface area contributed by atoms with Crippen LogP contribution in [0.15, 0.2) is 18.2 Å². The Kier molecular flexibility index (Phi) is 6.42. The second-order valence-corrected chi connectivity index (χ2v) is 5.30. The van der Waals surface area contributed by atoms with Gasteiger partial charge in [-0.1, -0.05) is 13.0 Å². The third-order valence-corrected chi connectivity index (χ3v) is 3.76. The van der Waals surface area contributed by atoms with E-state index >= 15 is 0 Å². The SMILES string of the molecule is CCC1CN(c2ccc(CNCCOC)cc2F)CCO1. The van der Waals surface area contributed by atoms with E-state index in [0.29, 0.717) is 25.4 Å². The molecule has 0 saturated carbocycles. The van der Waals surface area contributed by atoms with E-state index in [1.54, 1.807) is 13.2 Å². The number of morpholine rings is 1. The van der Waals surface area contributed by atoms with Gasteiger partial charge in [0, 0.05) is 33.3 Å². The van der Waals surface area contributed by atoms with E-state index in [-0.39, 0.29) is 11.9 Å². The standard InChI is InChI=1S/C16H25FN2O2/c1-3-14-12-19(7-9-21-14)16-5-4-13(10-15(16)17)11-18-6-8-20-2/h4-5,10,14,18H,3,6-9,11-12H2,1-2H3. The normalized spacial score (nSPS) is 19.0. The third-order valence-electron chi connectivity index (χ3n) is 3.76. The molecule has 1 heterocycles. The minimum atomic E-state index is -0.155. The van der Waals surface area contributed by atoms with E-state index in [4.69, 9.17) is 9.47 Å². The van der Waals surface area contributed by atoms with Crippen LogP contribution in [-0.4, -0.2) is 46.1 Å². The summed E-state index contributed by atoms with van der Waals surface area (Å²) in [6.07, 6.45) is 1.16. The molecule has 1 unspecified atom stereocenters. The van der Waals surface area contributed by atoms with Gasteiger partial charge in [0.05, 0.1) is 25.0 Å². The summed E-state index contributed by atoms with van der Waals surface area (Å²) in [5, 5.41) is 3.22. The molecule has 0 aliphatic carbocycles. The van der Waals surface area contributed by atoms with Crippen LogP contribution >= 0.6 is 0 Å². The maximum atomic E-state index is 14.3. The Hall–Kier alpha value is -1.17.